The Morgan fingerprint density at radius 3 is 2.59 bits per heavy atom. The molecule has 1 aromatic carbocycles. The first-order valence-electron chi connectivity index (χ1n) is 7.08. The van der Waals surface area contributed by atoms with Crippen molar-refractivity contribution in [3.63, 3.8) is 0 Å². The van der Waals surface area contributed by atoms with Crippen molar-refractivity contribution in [3.05, 3.63) is 40.8 Å². The van der Waals surface area contributed by atoms with Gasteiger partial charge in [0.05, 0.1) is 12.6 Å². The van der Waals surface area contributed by atoms with E-state index in [2.05, 4.69) is 20.3 Å². The summed E-state index contributed by atoms with van der Waals surface area (Å²) < 4.78 is 36.8. The topological polar surface area (TPSA) is 132 Å². The Bertz CT molecular complexity index is 984. The van der Waals surface area contributed by atoms with Crippen molar-refractivity contribution in [3.8, 4) is 11.8 Å². The summed E-state index contributed by atoms with van der Waals surface area (Å²) in [5, 5.41) is 1.93. The standard InChI is InChI=1S/C14H13Cl2N5O5S/c1-8-17-12(20-14(18-8)25-2)19-13(22)21-27(23,24)10-6-4-3-5-9(10)26-11(16)7-15/h3-7H,1-2H3,(H2,17,18,19,20,21,22)/b11-7+. The fraction of sp³-hybridized carbons (Fsp3) is 0.143. The van der Waals surface area contributed by atoms with Gasteiger partial charge in [0, 0.05) is 0 Å². The molecule has 0 bridgehead atoms. The Morgan fingerprint density at radius 2 is 1.93 bits per heavy atom. The molecule has 10 nitrogen and oxygen atoms in total. The summed E-state index contributed by atoms with van der Waals surface area (Å²) >= 11 is 11.1. The number of amides is 2. The molecular formula is C14H13Cl2N5O5S. The van der Waals surface area contributed by atoms with Crippen LogP contribution in [0.25, 0.3) is 0 Å². The Kier molecular flexibility index (Phi) is 6.77. The van der Waals surface area contributed by atoms with Crippen LogP contribution in [0.15, 0.2) is 39.9 Å². The number of halogens is 2. The number of methoxy groups -OCH3 is 1. The summed E-state index contributed by atoms with van der Waals surface area (Å²) in [7, 11) is -2.97. The van der Waals surface area contributed by atoms with E-state index in [4.69, 9.17) is 32.7 Å². The molecule has 2 aromatic rings. The van der Waals surface area contributed by atoms with Crippen LogP contribution in [0.4, 0.5) is 10.7 Å². The zero-order valence-corrected chi connectivity index (χ0v) is 16.3. The second-order valence-electron chi connectivity index (χ2n) is 4.71. The number of hydrogen-bond acceptors (Lipinski definition) is 8. The van der Waals surface area contributed by atoms with Gasteiger partial charge in [0.1, 0.15) is 16.5 Å². The van der Waals surface area contributed by atoms with Crippen LogP contribution in [0, 0.1) is 6.92 Å². The first-order chi connectivity index (χ1) is 12.7. The first-order valence-corrected chi connectivity index (χ1v) is 9.38. The first kappa shape index (κ1) is 20.7. The Balaban J connectivity index is 2.21. The lowest BCUT2D eigenvalue weighted by atomic mass is 10.3. The molecule has 1 heterocycles. The normalized spacial score (nSPS) is 11.6. The largest absolute Gasteiger partial charge is 0.467 e. The number of para-hydroxylation sites is 1. The van der Waals surface area contributed by atoms with Crippen LogP contribution < -0.4 is 19.5 Å². The number of ether oxygens (including phenoxy) is 2. The van der Waals surface area contributed by atoms with Crippen LogP contribution >= 0.6 is 23.2 Å². The van der Waals surface area contributed by atoms with Gasteiger partial charge in [-0.1, -0.05) is 23.7 Å². The SMILES string of the molecule is COc1nc(C)nc(NC(=O)NS(=O)(=O)c2ccccc2O/C(Cl)=C/Cl)n1. The smallest absolute Gasteiger partial charge is 0.335 e. The number of hydrogen-bond donors (Lipinski definition) is 2. The molecule has 2 rings (SSSR count). The minimum Gasteiger partial charge on any atom is -0.467 e. The number of sulfonamides is 1. The predicted octanol–water partition coefficient (Wildman–Crippen LogP) is 2.35. The second-order valence-corrected chi connectivity index (χ2v) is 6.96. The molecule has 0 aliphatic rings. The molecule has 1 aromatic heterocycles. The Morgan fingerprint density at radius 1 is 1.22 bits per heavy atom. The molecule has 2 N–H and O–H groups in total. The average molecular weight is 434 g/mol. The maximum atomic E-state index is 12.5. The van der Waals surface area contributed by atoms with Crippen LogP contribution in [0.5, 0.6) is 11.8 Å². The lowest BCUT2D eigenvalue weighted by Crippen LogP contribution is -2.35. The van der Waals surface area contributed by atoms with Crippen molar-refractivity contribution < 1.29 is 22.7 Å². The highest BCUT2D eigenvalue weighted by Gasteiger charge is 2.23. The van der Waals surface area contributed by atoms with Gasteiger partial charge < -0.3 is 9.47 Å². The number of aromatic nitrogens is 3. The van der Waals surface area contributed by atoms with E-state index in [1.807, 2.05) is 4.72 Å². The molecular weight excluding hydrogens is 421 g/mol. The average Bonchev–Trinajstić information content (AvgIpc) is 2.60. The monoisotopic (exact) mass is 433 g/mol. The number of rotatable bonds is 6. The molecule has 0 fully saturated rings. The van der Waals surface area contributed by atoms with Crippen LogP contribution in [0.2, 0.25) is 0 Å². The highest BCUT2D eigenvalue weighted by atomic mass is 35.5. The van der Waals surface area contributed by atoms with E-state index in [-0.39, 0.29) is 33.6 Å². The number of nitrogens with one attached hydrogen (secondary N) is 2. The van der Waals surface area contributed by atoms with Gasteiger partial charge in [-0.25, -0.2) is 17.9 Å². The number of anilines is 1. The zero-order valence-electron chi connectivity index (χ0n) is 13.9. The third-order valence-electron chi connectivity index (χ3n) is 2.79. The fourth-order valence-electron chi connectivity index (χ4n) is 1.79. The molecule has 27 heavy (non-hydrogen) atoms. The van der Waals surface area contributed by atoms with Crippen molar-refractivity contribution in [2.45, 2.75) is 11.8 Å². The molecule has 0 saturated heterocycles. The van der Waals surface area contributed by atoms with Crippen LogP contribution in [-0.4, -0.2) is 36.5 Å². The lowest BCUT2D eigenvalue weighted by molar-refractivity contribution is 0.256. The second kappa shape index (κ2) is 8.84. The van der Waals surface area contributed by atoms with Gasteiger partial charge in [-0.05, 0) is 30.7 Å². The van der Waals surface area contributed by atoms with E-state index >= 15 is 0 Å². The van der Waals surface area contributed by atoms with E-state index in [0.29, 0.717) is 0 Å². The molecule has 0 radical (unpaired) electrons. The third kappa shape index (κ3) is 5.67. The summed E-state index contributed by atoms with van der Waals surface area (Å²) in [5.74, 6) is -0.0525. The molecule has 0 saturated carbocycles. The van der Waals surface area contributed by atoms with E-state index < -0.39 is 16.1 Å². The van der Waals surface area contributed by atoms with Crippen molar-refractivity contribution in [1.82, 2.24) is 19.7 Å². The van der Waals surface area contributed by atoms with Crippen LogP contribution in [0.1, 0.15) is 5.82 Å². The third-order valence-corrected chi connectivity index (χ3v) is 4.66. The van der Waals surface area contributed by atoms with Gasteiger partial charge in [-0.2, -0.15) is 15.0 Å². The number of aryl methyl sites for hydroxylation is 1. The van der Waals surface area contributed by atoms with Gasteiger partial charge in [0.2, 0.25) is 11.2 Å². The number of carbonyl (C=O) groups is 1. The maximum absolute atomic E-state index is 12.5. The maximum Gasteiger partial charge on any atom is 0.335 e. The summed E-state index contributed by atoms with van der Waals surface area (Å²) in [4.78, 5) is 23.2. The minimum absolute atomic E-state index is 0.0399. The predicted molar refractivity (Wildman–Crippen MR) is 97.3 cm³/mol. The summed E-state index contributed by atoms with van der Waals surface area (Å²) in [6.45, 7) is 1.55. The van der Waals surface area contributed by atoms with E-state index in [1.54, 1.807) is 6.92 Å². The van der Waals surface area contributed by atoms with Crippen molar-refractivity contribution in [1.29, 1.82) is 0 Å². The molecule has 144 valence electrons. The number of benzene rings is 1. The lowest BCUT2D eigenvalue weighted by Gasteiger charge is -2.12. The van der Waals surface area contributed by atoms with Crippen molar-refractivity contribution >= 4 is 45.2 Å². The molecule has 0 aliphatic carbocycles. The highest BCUT2D eigenvalue weighted by molar-refractivity contribution is 7.90. The minimum atomic E-state index is -4.31. The van der Waals surface area contributed by atoms with Crippen LogP contribution in [0.3, 0.4) is 0 Å². The highest BCUT2D eigenvalue weighted by Crippen LogP contribution is 2.26. The van der Waals surface area contributed by atoms with Gasteiger partial charge >= 0.3 is 12.0 Å². The molecule has 13 heteroatoms. The molecule has 0 aliphatic heterocycles. The number of nitrogens with zero attached hydrogens (tertiary/aromatic N) is 3. The van der Waals surface area contributed by atoms with E-state index in [0.717, 1.165) is 5.54 Å². The zero-order chi connectivity index (χ0) is 20.0. The van der Waals surface area contributed by atoms with Gasteiger partial charge in [0.15, 0.2) is 0 Å². The Hall–Kier alpha value is -2.63. The van der Waals surface area contributed by atoms with Gasteiger partial charge in [-0.15, -0.1) is 0 Å². The Labute approximate surface area is 164 Å². The molecule has 0 atom stereocenters. The molecule has 0 unspecified atom stereocenters. The summed E-state index contributed by atoms with van der Waals surface area (Å²) in [5.41, 5.74) is 0.918. The van der Waals surface area contributed by atoms with Crippen molar-refractivity contribution in [2.75, 3.05) is 12.4 Å². The quantitative estimate of drug-likeness (QED) is 0.663. The number of urea groups is 1. The van der Waals surface area contributed by atoms with E-state index in [1.165, 1.54) is 31.4 Å². The fourth-order valence-corrected chi connectivity index (χ4v) is 2.96. The molecule has 2 amide bonds. The summed E-state index contributed by atoms with van der Waals surface area (Å²) in [6.07, 6.45) is 0. The van der Waals surface area contributed by atoms with Gasteiger partial charge in [-0.3, -0.25) is 5.32 Å². The number of carbonyl (C=O) groups excluding carboxylic acids is 1. The molecule has 0 spiro atoms. The van der Waals surface area contributed by atoms with E-state index in [9.17, 15) is 13.2 Å². The van der Waals surface area contributed by atoms with Crippen molar-refractivity contribution in [2.24, 2.45) is 0 Å². The summed E-state index contributed by atoms with van der Waals surface area (Å²) in [6, 6.07) is 4.39. The van der Waals surface area contributed by atoms with Crippen LogP contribution in [-0.2, 0) is 10.0 Å². The van der Waals surface area contributed by atoms with Gasteiger partial charge in [0.25, 0.3) is 10.0 Å².